The molecule has 2 N–H and O–H groups in total. The zero-order valence-electron chi connectivity index (χ0n) is 20.3. The van der Waals surface area contributed by atoms with Crippen LogP contribution in [-0.2, 0) is 15.8 Å². The highest BCUT2D eigenvalue weighted by Crippen LogP contribution is 2.31. The Labute approximate surface area is 214 Å². The lowest BCUT2D eigenvalue weighted by molar-refractivity contribution is -0.139. The number of hydrogen-bond donors (Lipinski definition) is 2. The number of carbonyl (C=O) groups excluding carboxylic acids is 1. The van der Waals surface area contributed by atoms with Crippen molar-refractivity contribution < 1.29 is 36.6 Å². The molecule has 7 nitrogen and oxygen atoms in total. The Kier molecular flexibility index (Phi) is 8.64. The number of carbonyl (C=O) groups is 2. The van der Waals surface area contributed by atoms with Crippen LogP contribution < -0.4 is 10.9 Å². The molecule has 0 aliphatic carbocycles. The molecule has 1 unspecified atom stereocenters. The van der Waals surface area contributed by atoms with E-state index < -0.39 is 64.9 Å². The number of amides is 1. The van der Waals surface area contributed by atoms with E-state index in [2.05, 4.69) is 10.3 Å². The first-order valence-corrected chi connectivity index (χ1v) is 11.5. The lowest BCUT2D eigenvalue weighted by Crippen LogP contribution is -2.40. The van der Waals surface area contributed by atoms with E-state index in [1.807, 2.05) is 0 Å². The number of halogens is 5. The number of carboxylic acids is 1. The summed E-state index contributed by atoms with van der Waals surface area (Å²) in [4.78, 5) is 41.3. The largest absolute Gasteiger partial charge is 0.481 e. The van der Waals surface area contributed by atoms with Crippen molar-refractivity contribution in [3.63, 3.8) is 0 Å². The van der Waals surface area contributed by atoms with Crippen LogP contribution in [0.15, 0.2) is 59.8 Å². The average molecular weight is 537 g/mol. The third-order valence-corrected chi connectivity index (χ3v) is 5.71. The smallest absolute Gasteiger partial charge is 0.417 e. The molecule has 3 aromatic rings. The summed E-state index contributed by atoms with van der Waals surface area (Å²) in [6.45, 7) is 3.40. The molecule has 0 fully saturated rings. The molecular formula is C26H24F5N3O4. The number of benzene rings is 1. The zero-order valence-corrected chi connectivity index (χ0v) is 20.3. The minimum Gasteiger partial charge on any atom is -0.481 e. The highest BCUT2D eigenvalue weighted by Gasteiger charge is 2.33. The summed E-state index contributed by atoms with van der Waals surface area (Å²) in [7, 11) is 0. The number of nitrogens with one attached hydrogen (secondary N) is 1. The number of hydrogen-bond acceptors (Lipinski definition) is 4. The summed E-state index contributed by atoms with van der Waals surface area (Å²) in [5.41, 5.74) is -2.33. The molecule has 3 rings (SSSR count). The number of carboxylic acid groups (broad SMARTS) is 1. The van der Waals surface area contributed by atoms with E-state index in [9.17, 15) is 41.4 Å². The molecule has 0 bridgehead atoms. The van der Waals surface area contributed by atoms with Crippen LogP contribution in [0, 0.1) is 17.6 Å². The maximum Gasteiger partial charge on any atom is 0.417 e. The van der Waals surface area contributed by atoms with Crippen LogP contribution in [-0.4, -0.2) is 26.5 Å². The summed E-state index contributed by atoms with van der Waals surface area (Å²) in [6, 6.07) is 3.12. The van der Waals surface area contributed by atoms with E-state index in [-0.39, 0.29) is 23.5 Å². The molecule has 2 heterocycles. The Morgan fingerprint density at radius 2 is 1.74 bits per heavy atom. The van der Waals surface area contributed by atoms with Gasteiger partial charge in [0.2, 0.25) is 5.91 Å². The first-order valence-electron chi connectivity index (χ1n) is 11.5. The molecule has 2 atom stereocenters. The normalized spacial score (nSPS) is 13.3. The van der Waals surface area contributed by atoms with Crippen molar-refractivity contribution in [3.8, 4) is 11.1 Å². The fourth-order valence-corrected chi connectivity index (χ4v) is 3.96. The van der Waals surface area contributed by atoms with E-state index in [4.69, 9.17) is 0 Å². The van der Waals surface area contributed by atoms with E-state index in [1.54, 1.807) is 13.8 Å². The molecule has 0 aliphatic rings. The molecule has 0 saturated carbocycles. The van der Waals surface area contributed by atoms with Crippen LogP contribution in [0.3, 0.4) is 0 Å². The topological polar surface area (TPSA) is 101 Å². The standard InChI is InChI=1S/C26H24F5N3O4/c1-14(2)8-21(34-13-17(26(29,30)31)6-7-22(34)35)25(38)33-20(10-23(36)37)15-9-16(12-32-11-15)24-18(27)4-3-5-19(24)28/h3-7,9,11-14,20-21H,8,10H2,1-2H3,(H,33,38)(H,36,37)/t20-,21?/m0/s1. The Morgan fingerprint density at radius 1 is 1.08 bits per heavy atom. The predicted octanol–water partition coefficient (Wildman–Crippen LogP) is 5.13. The van der Waals surface area contributed by atoms with Gasteiger partial charge in [-0.25, -0.2) is 8.78 Å². The quantitative estimate of drug-likeness (QED) is 0.369. The molecule has 0 radical (unpaired) electrons. The molecule has 1 amide bonds. The van der Waals surface area contributed by atoms with Gasteiger partial charge < -0.3 is 15.0 Å². The minimum absolute atomic E-state index is 0.0180. The van der Waals surface area contributed by atoms with Gasteiger partial charge in [0.1, 0.15) is 17.7 Å². The fourth-order valence-electron chi connectivity index (χ4n) is 3.96. The molecule has 0 spiro atoms. The average Bonchev–Trinajstić information content (AvgIpc) is 2.81. The van der Waals surface area contributed by atoms with Crippen molar-refractivity contribution in [2.75, 3.05) is 0 Å². The minimum atomic E-state index is -4.77. The van der Waals surface area contributed by atoms with E-state index in [0.29, 0.717) is 22.9 Å². The third kappa shape index (κ3) is 6.81. The van der Waals surface area contributed by atoms with Gasteiger partial charge in [-0.2, -0.15) is 13.2 Å². The van der Waals surface area contributed by atoms with Crippen LogP contribution in [0.25, 0.3) is 11.1 Å². The Hall–Kier alpha value is -4.09. The number of rotatable bonds is 9. The van der Waals surface area contributed by atoms with Crippen LogP contribution in [0.2, 0.25) is 0 Å². The van der Waals surface area contributed by atoms with E-state index in [1.165, 1.54) is 18.3 Å². The van der Waals surface area contributed by atoms with Gasteiger partial charge in [-0.1, -0.05) is 19.9 Å². The number of aliphatic carboxylic acids is 1. The van der Waals surface area contributed by atoms with Crippen LogP contribution in [0.4, 0.5) is 22.0 Å². The summed E-state index contributed by atoms with van der Waals surface area (Å²) in [6.07, 6.45) is -2.58. The summed E-state index contributed by atoms with van der Waals surface area (Å²) in [5, 5.41) is 11.9. The summed E-state index contributed by atoms with van der Waals surface area (Å²) >= 11 is 0. The summed E-state index contributed by atoms with van der Waals surface area (Å²) < 4.78 is 69.2. The second-order valence-corrected chi connectivity index (χ2v) is 9.07. The molecule has 38 heavy (non-hydrogen) atoms. The lowest BCUT2D eigenvalue weighted by Gasteiger charge is -2.25. The maximum atomic E-state index is 14.3. The second-order valence-electron chi connectivity index (χ2n) is 9.07. The van der Waals surface area contributed by atoms with Gasteiger partial charge in [0.25, 0.3) is 5.56 Å². The fraction of sp³-hybridized carbons (Fsp3) is 0.308. The van der Waals surface area contributed by atoms with Crippen molar-refractivity contribution in [1.29, 1.82) is 0 Å². The van der Waals surface area contributed by atoms with Gasteiger partial charge in [0.05, 0.1) is 23.6 Å². The van der Waals surface area contributed by atoms with Crippen molar-refractivity contribution in [3.05, 3.63) is 88.1 Å². The molecule has 12 heteroatoms. The SMILES string of the molecule is CC(C)CC(C(=O)N[C@@H](CC(=O)O)c1cncc(-c2c(F)cccc2F)c1)n1cc(C(F)(F)F)ccc1=O. The third-order valence-electron chi connectivity index (χ3n) is 5.71. The maximum absolute atomic E-state index is 14.3. The predicted molar refractivity (Wildman–Crippen MR) is 127 cm³/mol. The summed E-state index contributed by atoms with van der Waals surface area (Å²) in [5.74, 6) is -4.25. The van der Waals surface area contributed by atoms with E-state index >= 15 is 0 Å². The number of pyridine rings is 2. The molecule has 0 saturated heterocycles. The molecular weight excluding hydrogens is 513 g/mol. The van der Waals surface area contributed by atoms with Gasteiger partial charge in [0, 0.05) is 30.2 Å². The van der Waals surface area contributed by atoms with Gasteiger partial charge in [-0.15, -0.1) is 0 Å². The monoisotopic (exact) mass is 537 g/mol. The first-order chi connectivity index (χ1) is 17.8. The highest BCUT2D eigenvalue weighted by atomic mass is 19.4. The van der Waals surface area contributed by atoms with Crippen molar-refractivity contribution >= 4 is 11.9 Å². The molecule has 0 aliphatic heterocycles. The van der Waals surface area contributed by atoms with Crippen molar-refractivity contribution in [1.82, 2.24) is 14.9 Å². The van der Waals surface area contributed by atoms with Crippen molar-refractivity contribution in [2.24, 2.45) is 5.92 Å². The van der Waals surface area contributed by atoms with Crippen molar-refractivity contribution in [2.45, 2.75) is 44.9 Å². The first kappa shape index (κ1) is 28.5. The molecule has 1 aromatic carbocycles. The number of aromatic nitrogens is 2. The molecule has 202 valence electrons. The second kappa shape index (κ2) is 11.5. The highest BCUT2D eigenvalue weighted by molar-refractivity contribution is 5.81. The van der Waals surface area contributed by atoms with Gasteiger partial charge >= 0.3 is 12.1 Å². The van der Waals surface area contributed by atoms with Gasteiger partial charge in [0.15, 0.2) is 0 Å². The zero-order chi connectivity index (χ0) is 28.2. The van der Waals surface area contributed by atoms with E-state index in [0.717, 1.165) is 18.3 Å². The Morgan fingerprint density at radius 3 is 2.32 bits per heavy atom. The van der Waals surface area contributed by atoms with Crippen LogP contribution in [0.1, 0.15) is 49.9 Å². The molecule has 2 aromatic heterocycles. The van der Waals surface area contributed by atoms with Crippen LogP contribution in [0.5, 0.6) is 0 Å². The number of alkyl halides is 3. The van der Waals surface area contributed by atoms with Crippen LogP contribution >= 0.6 is 0 Å². The number of nitrogens with zero attached hydrogens (tertiary/aromatic N) is 2. The Balaban J connectivity index is 2.02. The van der Waals surface area contributed by atoms with Gasteiger partial charge in [-0.3, -0.25) is 19.4 Å². The Bertz CT molecular complexity index is 1370. The lowest BCUT2D eigenvalue weighted by atomic mass is 9.98. The van der Waals surface area contributed by atoms with Gasteiger partial charge in [-0.05, 0) is 42.2 Å².